The summed E-state index contributed by atoms with van der Waals surface area (Å²) < 4.78 is 0. The fourth-order valence-corrected chi connectivity index (χ4v) is 2.09. The number of nitrogens with zero attached hydrogens (tertiary/aromatic N) is 2. The third-order valence-electron chi connectivity index (χ3n) is 2.69. The Balaban J connectivity index is 2.55. The molecule has 0 unspecified atom stereocenters. The van der Waals surface area contributed by atoms with Gasteiger partial charge in [-0.05, 0) is 25.3 Å². The minimum Gasteiger partial charge on any atom is -0.347 e. The standard InChI is InChI=1S/C11H22N2O/c1-9(2)8-13-7-5-6-10(13)11(14)12(3)4/h9-10H,5-8H2,1-4H3/t10-/m0/s1. The summed E-state index contributed by atoms with van der Waals surface area (Å²) in [7, 11) is 3.68. The maximum Gasteiger partial charge on any atom is 0.239 e. The first-order valence-corrected chi connectivity index (χ1v) is 5.47. The lowest BCUT2D eigenvalue weighted by molar-refractivity contribution is -0.133. The molecule has 1 amide bonds. The van der Waals surface area contributed by atoms with Gasteiger partial charge < -0.3 is 4.90 Å². The maximum atomic E-state index is 11.8. The van der Waals surface area contributed by atoms with Crippen LogP contribution in [0.15, 0.2) is 0 Å². The topological polar surface area (TPSA) is 23.6 Å². The van der Waals surface area contributed by atoms with Gasteiger partial charge >= 0.3 is 0 Å². The van der Waals surface area contributed by atoms with Crippen LogP contribution in [0.3, 0.4) is 0 Å². The van der Waals surface area contributed by atoms with E-state index in [1.165, 1.54) is 0 Å². The minimum atomic E-state index is 0.146. The Hall–Kier alpha value is -0.570. The van der Waals surface area contributed by atoms with Crippen LogP contribution in [0.4, 0.5) is 0 Å². The minimum absolute atomic E-state index is 0.146. The zero-order valence-corrected chi connectivity index (χ0v) is 9.79. The van der Waals surface area contributed by atoms with Crippen molar-refractivity contribution in [1.29, 1.82) is 0 Å². The van der Waals surface area contributed by atoms with Crippen molar-refractivity contribution in [3.63, 3.8) is 0 Å². The Morgan fingerprint density at radius 1 is 1.50 bits per heavy atom. The fraction of sp³-hybridized carbons (Fsp3) is 0.909. The van der Waals surface area contributed by atoms with Crippen molar-refractivity contribution in [3.05, 3.63) is 0 Å². The van der Waals surface area contributed by atoms with E-state index in [9.17, 15) is 4.79 Å². The molecule has 0 N–H and O–H groups in total. The molecule has 0 radical (unpaired) electrons. The van der Waals surface area contributed by atoms with E-state index in [0.29, 0.717) is 5.92 Å². The van der Waals surface area contributed by atoms with Crippen molar-refractivity contribution in [3.8, 4) is 0 Å². The number of likely N-dealkylation sites (N-methyl/N-ethyl adjacent to an activating group) is 1. The van der Waals surface area contributed by atoms with Crippen molar-refractivity contribution >= 4 is 5.91 Å². The molecule has 0 bridgehead atoms. The quantitative estimate of drug-likeness (QED) is 0.680. The van der Waals surface area contributed by atoms with Crippen LogP contribution in [0.5, 0.6) is 0 Å². The van der Waals surface area contributed by atoms with Crippen LogP contribution in [0, 0.1) is 5.92 Å². The van der Waals surface area contributed by atoms with Gasteiger partial charge in [-0.1, -0.05) is 13.8 Å². The number of carbonyl (C=O) groups excluding carboxylic acids is 1. The first kappa shape index (κ1) is 11.5. The number of hydrogen-bond acceptors (Lipinski definition) is 2. The van der Waals surface area contributed by atoms with E-state index in [1.54, 1.807) is 4.90 Å². The molecule has 1 aliphatic rings. The van der Waals surface area contributed by atoms with Crippen molar-refractivity contribution in [2.45, 2.75) is 32.7 Å². The van der Waals surface area contributed by atoms with Crippen LogP contribution >= 0.6 is 0 Å². The third kappa shape index (κ3) is 2.71. The highest BCUT2D eigenvalue weighted by Gasteiger charge is 2.31. The van der Waals surface area contributed by atoms with E-state index in [0.717, 1.165) is 25.9 Å². The highest BCUT2D eigenvalue weighted by Crippen LogP contribution is 2.19. The first-order valence-electron chi connectivity index (χ1n) is 5.47. The van der Waals surface area contributed by atoms with Gasteiger partial charge in [-0.15, -0.1) is 0 Å². The summed E-state index contributed by atoms with van der Waals surface area (Å²) in [5.41, 5.74) is 0. The van der Waals surface area contributed by atoms with Crippen LogP contribution in [-0.2, 0) is 4.79 Å². The monoisotopic (exact) mass is 198 g/mol. The van der Waals surface area contributed by atoms with Crippen molar-refractivity contribution in [1.82, 2.24) is 9.80 Å². The molecule has 3 heteroatoms. The molecule has 1 atom stereocenters. The summed E-state index contributed by atoms with van der Waals surface area (Å²) >= 11 is 0. The molecule has 82 valence electrons. The molecule has 0 aromatic carbocycles. The largest absolute Gasteiger partial charge is 0.347 e. The molecule has 1 heterocycles. The van der Waals surface area contributed by atoms with Gasteiger partial charge in [-0.3, -0.25) is 9.69 Å². The number of carbonyl (C=O) groups is 1. The summed E-state index contributed by atoms with van der Waals surface area (Å²) in [6.07, 6.45) is 2.20. The molecule has 3 nitrogen and oxygen atoms in total. The Kier molecular flexibility index (Phi) is 3.93. The van der Waals surface area contributed by atoms with Crippen molar-refractivity contribution < 1.29 is 4.79 Å². The molecular formula is C11H22N2O. The third-order valence-corrected chi connectivity index (χ3v) is 2.69. The smallest absolute Gasteiger partial charge is 0.239 e. The van der Waals surface area contributed by atoms with E-state index >= 15 is 0 Å². The van der Waals surface area contributed by atoms with E-state index in [2.05, 4.69) is 18.7 Å². The Bertz CT molecular complexity index is 201. The molecule has 1 fully saturated rings. The van der Waals surface area contributed by atoms with Gasteiger partial charge in [-0.2, -0.15) is 0 Å². The summed E-state index contributed by atoms with van der Waals surface area (Å²) in [5, 5.41) is 0. The van der Waals surface area contributed by atoms with E-state index in [1.807, 2.05) is 14.1 Å². The lowest BCUT2D eigenvalue weighted by Crippen LogP contribution is -2.43. The summed E-state index contributed by atoms with van der Waals surface area (Å²) in [6.45, 7) is 6.54. The molecule has 0 aliphatic carbocycles. The summed E-state index contributed by atoms with van der Waals surface area (Å²) in [6, 6.07) is 0.146. The lowest BCUT2D eigenvalue weighted by atomic mass is 10.1. The van der Waals surface area contributed by atoms with Crippen LogP contribution in [-0.4, -0.2) is 48.9 Å². The second-order valence-electron chi connectivity index (χ2n) is 4.78. The second-order valence-corrected chi connectivity index (χ2v) is 4.78. The zero-order valence-electron chi connectivity index (χ0n) is 9.79. The lowest BCUT2D eigenvalue weighted by Gasteiger charge is -2.27. The predicted molar refractivity (Wildman–Crippen MR) is 58.1 cm³/mol. The van der Waals surface area contributed by atoms with E-state index < -0.39 is 0 Å². The van der Waals surface area contributed by atoms with Crippen molar-refractivity contribution in [2.24, 2.45) is 5.92 Å². The van der Waals surface area contributed by atoms with Gasteiger partial charge in [0.15, 0.2) is 0 Å². The van der Waals surface area contributed by atoms with Gasteiger partial charge in [0.1, 0.15) is 0 Å². The number of amides is 1. The van der Waals surface area contributed by atoms with Crippen molar-refractivity contribution in [2.75, 3.05) is 27.2 Å². The van der Waals surface area contributed by atoms with Crippen LogP contribution in [0.1, 0.15) is 26.7 Å². The Labute approximate surface area is 87.1 Å². The van der Waals surface area contributed by atoms with Gasteiger partial charge in [0.2, 0.25) is 5.91 Å². The fourth-order valence-electron chi connectivity index (χ4n) is 2.09. The molecule has 1 rings (SSSR count). The molecule has 0 saturated carbocycles. The average molecular weight is 198 g/mol. The SMILES string of the molecule is CC(C)CN1CCC[C@H]1C(=O)N(C)C. The van der Waals surface area contributed by atoms with Crippen LogP contribution < -0.4 is 0 Å². The number of likely N-dealkylation sites (tertiary alicyclic amines) is 1. The van der Waals surface area contributed by atoms with E-state index in [4.69, 9.17) is 0 Å². The number of hydrogen-bond donors (Lipinski definition) is 0. The highest BCUT2D eigenvalue weighted by atomic mass is 16.2. The Morgan fingerprint density at radius 2 is 2.14 bits per heavy atom. The van der Waals surface area contributed by atoms with Gasteiger partial charge in [-0.25, -0.2) is 0 Å². The molecular weight excluding hydrogens is 176 g/mol. The van der Waals surface area contributed by atoms with Crippen LogP contribution in [0.2, 0.25) is 0 Å². The maximum absolute atomic E-state index is 11.8. The highest BCUT2D eigenvalue weighted by molar-refractivity contribution is 5.81. The number of rotatable bonds is 3. The Morgan fingerprint density at radius 3 is 2.64 bits per heavy atom. The molecule has 14 heavy (non-hydrogen) atoms. The van der Waals surface area contributed by atoms with Gasteiger partial charge in [0.25, 0.3) is 0 Å². The van der Waals surface area contributed by atoms with E-state index in [-0.39, 0.29) is 11.9 Å². The molecule has 1 saturated heterocycles. The molecule has 0 spiro atoms. The zero-order chi connectivity index (χ0) is 10.7. The molecule has 1 aliphatic heterocycles. The summed E-state index contributed by atoms with van der Waals surface area (Å²) in [5.74, 6) is 0.911. The van der Waals surface area contributed by atoms with Gasteiger partial charge in [0, 0.05) is 20.6 Å². The average Bonchev–Trinajstić information content (AvgIpc) is 2.49. The second kappa shape index (κ2) is 4.78. The van der Waals surface area contributed by atoms with Crippen LogP contribution in [0.25, 0.3) is 0 Å². The molecule has 0 aromatic heterocycles. The first-order chi connectivity index (χ1) is 6.52. The normalized spacial score (nSPS) is 23.1. The molecule has 0 aromatic rings. The summed E-state index contributed by atoms with van der Waals surface area (Å²) in [4.78, 5) is 15.9. The predicted octanol–water partition coefficient (Wildman–Crippen LogP) is 1.20. The van der Waals surface area contributed by atoms with Gasteiger partial charge in [0.05, 0.1) is 6.04 Å².